The zero-order chi connectivity index (χ0) is 19.4. The molecule has 0 atom stereocenters. The quantitative estimate of drug-likeness (QED) is 0.663. The fourth-order valence-electron chi connectivity index (χ4n) is 2.35. The van der Waals surface area contributed by atoms with E-state index in [1.807, 2.05) is 30.3 Å². The third kappa shape index (κ3) is 4.41. The van der Waals surface area contributed by atoms with E-state index in [2.05, 4.69) is 20.6 Å². The van der Waals surface area contributed by atoms with Crippen molar-refractivity contribution in [3.05, 3.63) is 82.9 Å². The highest BCUT2D eigenvalue weighted by Gasteiger charge is 2.17. The van der Waals surface area contributed by atoms with Crippen LogP contribution in [0.25, 0.3) is 0 Å². The normalized spacial score (nSPS) is 10.5. The number of carbonyl (C=O) groups excluding carboxylic acids is 1. The molecule has 1 amide bonds. The zero-order valence-electron chi connectivity index (χ0n) is 14.3. The number of nitrogens with one attached hydrogen (secondary N) is 2. The lowest BCUT2D eigenvalue weighted by Crippen LogP contribution is -2.17. The molecular weight excluding hydrogens is 357 g/mol. The fourth-order valence-corrected chi connectivity index (χ4v) is 2.35. The van der Waals surface area contributed by atoms with Gasteiger partial charge >= 0.3 is 0 Å². The lowest BCUT2D eigenvalue weighted by Gasteiger charge is -2.10. The molecule has 0 spiro atoms. The molecule has 0 saturated carbocycles. The topological polar surface area (TPSA) is 66.9 Å². The van der Waals surface area contributed by atoms with Crippen LogP contribution in [0.3, 0.4) is 0 Å². The first-order valence-electron chi connectivity index (χ1n) is 8.02. The first kappa shape index (κ1) is 18.4. The molecule has 138 valence electrons. The van der Waals surface area contributed by atoms with Crippen molar-refractivity contribution < 1.29 is 18.0 Å². The SMILES string of the molecule is Cc1cc(C(=O)Nc2ccc(F)c(F)c2F)nc(NCc2ccccc2)n1. The molecule has 0 aliphatic heterocycles. The Bertz CT molecular complexity index is 980. The molecule has 2 N–H and O–H groups in total. The molecule has 3 rings (SSSR count). The Hall–Kier alpha value is -3.42. The number of hydrogen-bond donors (Lipinski definition) is 2. The van der Waals surface area contributed by atoms with Crippen molar-refractivity contribution in [1.29, 1.82) is 0 Å². The van der Waals surface area contributed by atoms with Crippen LogP contribution in [0.15, 0.2) is 48.5 Å². The summed E-state index contributed by atoms with van der Waals surface area (Å²) in [6.45, 7) is 2.12. The van der Waals surface area contributed by atoms with Crippen molar-refractivity contribution in [2.45, 2.75) is 13.5 Å². The molecule has 5 nitrogen and oxygen atoms in total. The van der Waals surface area contributed by atoms with Gasteiger partial charge in [-0.1, -0.05) is 30.3 Å². The Morgan fingerprint density at radius 2 is 1.74 bits per heavy atom. The number of anilines is 2. The van der Waals surface area contributed by atoms with E-state index in [0.29, 0.717) is 12.2 Å². The Kier molecular flexibility index (Phi) is 5.35. The average Bonchev–Trinajstić information content (AvgIpc) is 2.67. The number of halogens is 3. The molecule has 0 aliphatic rings. The summed E-state index contributed by atoms with van der Waals surface area (Å²) in [4.78, 5) is 20.6. The van der Waals surface area contributed by atoms with Crippen molar-refractivity contribution in [2.24, 2.45) is 0 Å². The van der Waals surface area contributed by atoms with Crippen LogP contribution in [0, 0.1) is 24.4 Å². The van der Waals surface area contributed by atoms with Gasteiger partial charge in [0.25, 0.3) is 5.91 Å². The number of amides is 1. The van der Waals surface area contributed by atoms with E-state index in [1.165, 1.54) is 6.07 Å². The molecule has 0 radical (unpaired) electrons. The van der Waals surface area contributed by atoms with Gasteiger partial charge in [-0.05, 0) is 30.7 Å². The summed E-state index contributed by atoms with van der Waals surface area (Å²) < 4.78 is 40.0. The third-order valence-corrected chi connectivity index (χ3v) is 3.66. The van der Waals surface area contributed by atoms with E-state index in [-0.39, 0.29) is 11.6 Å². The average molecular weight is 372 g/mol. The molecule has 0 saturated heterocycles. The van der Waals surface area contributed by atoms with Gasteiger partial charge in [-0.25, -0.2) is 23.1 Å². The minimum Gasteiger partial charge on any atom is -0.350 e. The Balaban J connectivity index is 1.77. The second-order valence-corrected chi connectivity index (χ2v) is 5.73. The summed E-state index contributed by atoms with van der Waals surface area (Å²) >= 11 is 0. The maximum absolute atomic E-state index is 13.7. The predicted octanol–water partition coefficient (Wildman–Crippen LogP) is 4.07. The Morgan fingerprint density at radius 3 is 2.48 bits per heavy atom. The van der Waals surface area contributed by atoms with Gasteiger partial charge in [0.2, 0.25) is 5.95 Å². The lowest BCUT2D eigenvalue weighted by atomic mass is 10.2. The van der Waals surface area contributed by atoms with Crippen molar-refractivity contribution in [3.63, 3.8) is 0 Å². The van der Waals surface area contributed by atoms with E-state index in [0.717, 1.165) is 17.7 Å². The van der Waals surface area contributed by atoms with Crippen LogP contribution in [0.1, 0.15) is 21.7 Å². The summed E-state index contributed by atoms with van der Waals surface area (Å²) in [5.74, 6) is -5.02. The van der Waals surface area contributed by atoms with E-state index in [1.54, 1.807) is 6.92 Å². The van der Waals surface area contributed by atoms with Crippen molar-refractivity contribution >= 4 is 17.5 Å². The van der Waals surface area contributed by atoms with Crippen LogP contribution in [0.2, 0.25) is 0 Å². The largest absolute Gasteiger partial charge is 0.350 e. The number of aromatic nitrogens is 2. The number of carbonyl (C=O) groups is 1. The molecule has 0 aliphatic carbocycles. The van der Waals surface area contributed by atoms with Crippen LogP contribution in [0.4, 0.5) is 24.8 Å². The summed E-state index contributed by atoms with van der Waals surface area (Å²) in [5.41, 5.74) is 0.991. The highest BCUT2D eigenvalue weighted by molar-refractivity contribution is 6.03. The van der Waals surface area contributed by atoms with Crippen molar-refractivity contribution in [1.82, 2.24) is 9.97 Å². The van der Waals surface area contributed by atoms with Gasteiger partial charge in [0.15, 0.2) is 17.5 Å². The molecule has 0 unspecified atom stereocenters. The summed E-state index contributed by atoms with van der Waals surface area (Å²) in [5, 5.41) is 5.19. The highest BCUT2D eigenvalue weighted by Crippen LogP contribution is 2.20. The van der Waals surface area contributed by atoms with Gasteiger partial charge in [0, 0.05) is 12.2 Å². The Labute approximate surface area is 153 Å². The van der Waals surface area contributed by atoms with Crippen LogP contribution < -0.4 is 10.6 Å². The summed E-state index contributed by atoms with van der Waals surface area (Å²) in [7, 11) is 0. The number of nitrogens with zero attached hydrogens (tertiary/aromatic N) is 2. The first-order chi connectivity index (χ1) is 12.9. The van der Waals surface area contributed by atoms with Gasteiger partial charge < -0.3 is 10.6 Å². The first-order valence-corrected chi connectivity index (χ1v) is 8.02. The molecular formula is C19H15F3N4O. The van der Waals surface area contributed by atoms with Gasteiger partial charge in [-0.3, -0.25) is 4.79 Å². The van der Waals surface area contributed by atoms with Gasteiger partial charge in [0.05, 0.1) is 5.69 Å². The van der Waals surface area contributed by atoms with Crippen LogP contribution in [-0.4, -0.2) is 15.9 Å². The minimum absolute atomic E-state index is 0.0396. The fraction of sp³-hybridized carbons (Fsp3) is 0.105. The van der Waals surface area contributed by atoms with Crippen molar-refractivity contribution in [3.8, 4) is 0 Å². The third-order valence-electron chi connectivity index (χ3n) is 3.66. The molecule has 1 aromatic heterocycles. The van der Waals surface area contributed by atoms with E-state index in [4.69, 9.17) is 0 Å². The van der Waals surface area contributed by atoms with Gasteiger partial charge in [-0.15, -0.1) is 0 Å². The van der Waals surface area contributed by atoms with Crippen LogP contribution in [-0.2, 0) is 6.54 Å². The molecule has 0 bridgehead atoms. The lowest BCUT2D eigenvalue weighted by molar-refractivity contribution is 0.102. The van der Waals surface area contributed by atoms with Crippen molar-refractivity contribution in [2.75, 3.05) is 10.6 Å². The molecule has 8 heteroatoms. The second-order valence-electron chi connectivity index (χ2n) is 5.73. The maximum Gasteiger partial charge on any atom is 0.274 e. The highest BCUT2D eigenvalue weighted by atomic mass is 19.2. The monoisotopic (exact) mass is 372 g/mol. The van der Waals surface area contributed by atoms with E-state index < -0.39 is 29.0 Å². The predicted molar refractivity (Wildman–Crippen MR) is 94.8 cm³/mol. The number of aryl methyl sites for hydroxylation is 1. The minimum atomic E-state index is -1.66. The zero-order valence-corrected chi connectivity index (χ0v) is 14.3. The second kappa shape index (κ2) is 7.86. The van der Waals surface area contributed by atoms with Crippen LogP contribution >= 0.6 is 0 Å². The molecule has 3 aromatic rings. The van der Waals surface area contributed by atoms with Gasteiger partial charge in [0.1, 0.15) is 5.69 Å². The number of benzene rings is 2. The summed E-state index contributed by atoms with van der Waals surface area (Å²) in [6, 6.07) is 12.6. The maximum atomic E-state index is 13.7. The molecule has 27 heavy (non-hydrogen) atoms. The molecule has 1 heterocycles. The molecule has 0 fully saturated rings. The Morgan fingerprint density at radius 1 is 1.00 bits per heavy atom. The smallest absolute Gasteiger partial charge is 0.274 e. The van der Waals surface area contributed by atoms with Gasteiger partial charge in [-0.2, -0.15) is 0 Å². The van der Waals surface area contributed by atoms with E-state index in [9.17, 15) is 18.0 Å². The van der Waals surface area contributed by atoms with E-state index >= 15 is 0 Å². The molecule has 2 aromatic carbocycles. The van der Waals surface area contributed by atoms with Crippen LogP contribution in [0.5, 0.6) is 0 Å². The standard InChI is InChI=1S/C19H15F3N4O/c1-11-9-15(18(27)25-14-8-7-13(20)16(21)17(14)22)26-19(24-11)23-10-12-5-3-2-4-6-12/h2-9H,10H2,1H3,(H,25,27)(H,23,24,26). The number of hydrogen-bond acceptors (Lipinski definition) is 4. The number of rotatable bonds is 5. The summed E-state index contributed by atoms with van der Waals surface area (Å²) in [6.07, 6.45) is 0.